The summed E-state index contributed by atoms with van der Waals surface area (Å²) in [5.41, 5.74) is 2.32. The molecule has 2 heterocycles. The minimum absolute atomic E-state index is 0.672. The van der Waals surface area contributed by atoms with Gasteiger partial charge in [0.05, 0.1) is 15.7 Å². The van der Waals surface area contributed by atoms with Crippen LogP contribution in [0.25, 0.3) is 0 Å². The fourth-order valence-electron chi connectivity index (χ4n) is 1.48. The second-order valence-corrected chi connectivity index (χ2v) is 5.32. The van der Waals surface area contributed by atoms with Gasteiger partial charge in [-0.3, -0.25) is 0 Å². The minimum Gasteiger partial charge on any atom is -0.383 e. The van der Waals surface area contributed by atoms with E-state index < -0.39 is 6.10 Å². The molecular formula is C11H11ClN2OS. The van der Waals surface area contributed by atoms with Gasteiger partial charge in [0, 0.05) is 10.4 Å². The molecule has 1 unspecified atom stereocenters. The summed E-state index contributed by atoms with van der Waals surface area (Å²) < 4.78 is 0.672. The van der Waals surface area contributed by atoms with Crippen LogP contribution in [0.15, 0.2) is 18.2 Å². The van der Waals surface area contributed by atoms with Crippen molar-refractivity contribution in [2.24, 2.45) is 0 Å². The van der Waals surface area contributed by atoms with Crippen LogP contribution in [0.1, 0.15) is 27.9 Å². The van der Waals surface area contributed by atoms with E-state index in [1.807, 2.05) is 26.0 Å². The summed E-state index contributed by atoms with van der Waals surface area (Å²) in [5, 5.41) is 18.1. The summed E-state index contributed by atoms with van der Waals surface area (Å²) in [5.74, 6) is 0. The van der Waals surface area contributed by atoms with Gasteiger partial charge in [-0.1, -0.05) is 11.6 Å². The highest BCUT2D eigenvalue weighted by Gasteiger charge is 2.16. The predicted molar refractivity (Wildman–Crippen MR) is 64.9 cm³/mol. The van der Waals surface area contributed by atoms with Crippen LogP contribution in [-0.4, -0.2) is 15.3 Å². The topological polar surface area (TPSA) is 46.0 Å². The van der Waals surface area contributed by atoms with Gasteiger partial charge in [-0.15, -0.1) is 11.3 Å². The lowest BCUT2D eigenvalue weighted by Gasteiger charge is -2.11. The number of aliphatic hydroxyl groups excluding tert-OH is 1. The average Bonchev–Trinajstić information content (AvgIpc) is 2.67. The SMILES string of the molecule is Cc1cc(C(O)c2ccc(Cl)s2)c(C)nn1. The molecule has 0 spiro atoms. The zero-order chi connectivity index (χ0) is 11.7. The van der Waals surface area contributed by atoms with Crippen LogP contribution in [0, 0.1) is 13.8 Å². The van der Waals surface area contributed by atoms with E-state index >= 15 is 0 Å². The molecule has 2 aromatic heterocycles. The molecule has 1 atom stereocenters. The Hall–Kier alpha value is -0.970. The van der Waals surface area contributed by atoms with Crippen LogP contribution in [0.3, 0.4) is 0 Å². The fourth-order valence-corrected chi connectivity index (χ4v) is 2.54. The van der Waals surface area contributed by atoms with Crippen molar-refractivity contribution in [3.8, 4) is 0 Å². The maximum Gasteiger partial charge on any atom is 0.115 e. The van der Waals surface area contributed by atoms with Crippen molar-refractivity contribution in [1.82, 2.24) is 10.2 Å². The summed E-state index contributed by atoms with van der Waals surface area (Å²) >= 11 is 7.21. The van der Waals surface area contributed by atoms with Crippen LogP contribution < -0.4 is 0 Å². The number of aryl methyl sites for hydroxylation is 2. The van der Waals surface area contributed by atoms with Gasteiger partial charge in [0.25, 0.3) is 0 Å². The van der Waals surface area contributed by atoms with Crippen molar-refractivity contribution in [3.63, 3.8) is 0 Å². The van der Waals surface area contributed by atoms with Gasteiger partial charge in [0.15, 0.2) is 0 Å². The van der Waals surface area contributed by atoms with Crippen LogP contribution in [0.2, 0.25) is 4.34 Å². The first-order valence-electron chi connectivity index (χ1n) is 4.82. The largest absolute Gasteiger partial charge is 0.383 e. The Bertz CT molecular complexity index is 512. The lowest BCUT2D eigenvalue weighted by Crippen LogP contribution is -2.04. The summed E-state index contributed by atoms with van der Waals surface area (Å²) in [7, 11) is 0. The van der Waals surface area contributed by atoms with E-state index in [2.05, 4.69) is 10.2 Å². The monoisotopic (exact) mass is 254 g/mol. The zero-order valence-electron chi connectivity index (χ0n) is 8.94. The maximum absolute atomic E-state index is 10.2. The minimum atomic E-state index is -0.674. The maximum atomic E-state index is 10.2. The molecule has 0 saturated carbocycles. The second-order valence-electron chi connectivity index (χ2n) is 3.57. The van der Waals surface area contributed by atoms with E-state index in [0.717, 1.165) is 21.8 Å². The van der Waals surface area contributed by atoms with E-state index in [1.165, 1.54) is 11.3 Å². The summed E-state index contributed by atoms with van der Waals surface area (Å²) in [4.78, 5) is 0.820. The Morgan fingerprint density at radius 1 is 1.31 bits per heavy atom. The number of nitrogens with zero attached hydrogens (tertiary/aromatic N) is 2. The number of aromatic nitrogens is 2. The van der Waals surface area contributed by atoms with Crippen molar-refractivity contribution < 1.29 is 5.11 Å². The second kappa shape index (κ2) is 4.49. The quantitative estimate of drug-likeness (QED) is 0.896. The number of hydrogen-bond donors (Lipinski definition) is 1. The Balaban J connectivity index is 2.40. The number of thiophene rings is 1. The molecule has 0 aromatic carbocycles. The molecule has 0 aliphatic carbocycles. The van der Waals surface area contributed by atoms with Gasteiger partial charge in [-0.2, -0.15) is 10.2 Å². The predicted octanol–water partition coefficient (Wildman–Crippen LogP) is 2.89. The molecule has 0 radical (unpaired) electrons. The van der Waals surface area contributed by atoms with Crippen molar-refractivity contribution in [1.29, 1.82) is 0 Å². The van der Waals surface area contributed by atoms with E-state index in [1.54, 1.807) is 6.07 Å². The molecule has 1 N–H and O–H groups in total. The highest BCUT2D eigenvalue weighted by atomic mass is 35.5. The Labute approximate surface area is 103 Å². The molecule has 0 aliphatic heterocycles. The molecule has 2 aromatic rings. The Morgan fingerprint density at radius 3 is 2.69 bits per heavy atom. The van der Waals surface area contributed by atoms with E-state index in [-0.39, 0.29) is 0 Å². The van der Waals surface area contributed by atoms with Crippen LogP contribution in [-0.2, 0) is 0 Å². The molecule has 16 heavy (non-hydrogen) atoms. The van der Waals surface area contributed by atoms with Gasteiger partial charge in [-0.05, 0) is 32.0 Å². The third kappa shape index (κ3) is 2.24. The highest BCUT2D eigenvalue weighted by molar-refractivity contribution is 7.16. The van der Waals surface area contributed by atoms with E-state index in [9.17, 15) is 5.11 Å². The summed E-state index contributed by atoms with van der Waals surface area (Å²) in [6.07, 6.45) is -0.674. The van der Waals surface area contributed by atoms with E-state index in [4.69, 9.17) is 11.6 Å². The number of aliphatic hydroxyl groups is 1. The van der Waals surface area contributed by atoms with Crippen LogP contribution >= 0.6 is 22.9 Å². The van der Waals surface area contributed by atoms with Gasteiger partial charge >= 0.3 is 0 Å². The van der Waals surface area contributed by atoms with Crippen molar-refractivity contribution in [3.05, 3.63) is 44.4 Å². The number of hydrogen-bond acceptors (Lipinski definition) is 4. The Kier molecular flexibility index (Phi) is 3.23. The van der Waals surface area contributed by atoms with Crippen LogP contribution in [0.4, 0.5) is 0 Å². The summed E-state index contributed by atoms with van der Waals surface area (Å²) in [6.45, 7) is 3.68. The smallest absolute Gasteiger partial charge is 0.115 e. The Morgan fingerprint density at radius 2 is 2.06 bits per heavy atom. The first kappa shape index (κ1) is 11.5. The molecule has 0 bridgehead atoms. The number of rotatable bonds is 2. The normalized spacial score (nSPS) is 12.8. The molecule has 0 aliphatic rings. The number of halogens is 1. The lowest BCUT2D eigenvalue weighted by atomic mass is 10.1. The molecule has 2 rings (SSSR count). The molecule has 3 nitrogen and oxygen atoms in total. The average molecular weight is 255 g/mol. The molecule has 5 heteroatoms. The standard InChI is InChI=1S/C11H11ClN2OS/c1-6-5-8(7(2)14-13-6)11(15)9-3-4-10(12)16-9/h3-5,11,15H,1-2H3. The highest BCUT2D eigenvalue weighted by Crippen LogP contribution is 2.31. The fraction of sp³-hybridized carbons (Fsp3) is 0.273. The molecule has 0 saturated heterocycles. The zero-order valence-corrected chi connectivity index (χ0v) is 10.5. The molecular weight excluding hydrogens is 244 g/mol. The molecule has 0 amide bonds. The first-order chi connectivity index (χ1) is 7.58. The third-order valence-corrected chi connectivity index (χ3v) is 3.58. The third-order valence-electron chi connectivity index (χ3n) is 2.30. The van der Waals surface area contributed by atoms with Crippen molar-refractivity contribution in [2.45, 2.75) is 20.0 Å². The first-order valence-corrected chi connectivity index (χ1v) is 6.01. The van der Waals surface area contributed by atoms with Crippen LogP contribution in [0.5, 0.6) is 0 Å². The van der Waals surface area contributed by atoms with Crippen molar-refractivity contribution in [2.75, 3.05) is 0 Å². The lowest BCUT2D eigenvalue weighted by molar-refractivity contribution is 0.222. The van der Waals surface area contributed by atoms with Gasteiger partial charge in [0.1, 0.15) is 6.10 Å². The van der Waals surface area contributed by atoms with Gasteiger partial charge in [0.2, 0.25) is 0 Å². The van der Waals surface area contributed by atoms with Crippen molar-refractivity contribution >= 4 is 22.9 Å². The van der Waals surface area contributed by atoms with E-state index in [0.29, 0.717) is 4.34 Å². The van der Waals surface area contributed by atoms with Gasteiger partial charge in [-0.25, -0.2) is 0 Å². The van der Waals surface area contributed by atoms with Gasteiger partial charge < -0.3 is 5.11 Å². The molecule has 84 valence electrons. The molecule has 0 fully saturated rings. The summed E-state index contributed by atoms with van der Waals surface area (Å²) in [6, 6.07) is 5.45.